The van der Waals surface area contributed by atoms with E-state index in [1.807, 2.05) is 19.9 Å². The first-order valence-electron chi connectivity index (χ1n) is 5.92. The first-order valence-corrected chi connectivity index (χ1v) is 9.05. The maximum Gasteiger partial charge on any atom is 0.236 e. The minimum atomic E-state index is -3.41. The third kappa shape index (κ3) is 5.41. The lowest BCUT2D eigenvalue weighted by molar-refractivity contribution is 0.553. The van der Waals surface area contributed by atoms with E-state index in [9.17, 15) is 8.42 Å². The fraction of sp³-hybridized carbons (Fsp3) is 0.500. The topological polar surface area (TPSA) is 58.2 Å². The Kier molecular flexibility index (Phi) is 6.29. The number of hydrogen-bond acceptors (Lipinski definition) is 3. The molecule has 0 aliphatic rings. The lowest BCUT2D eigenvalue weighted by Crippen LogP contribution is -2.37. The van der Waals surface area contributed by atoms with Crippen molar-refractivity contribution in [2.75, 3.05) is 11.3 Å². The lowest BCUT2D eigenvalue weighted by Gasteiger charge is -2.17. The molecule has 19 heavy (non-hydrogen) atoms. The fourth-order valence-electron chi connectivity index (χ4n) is 1.34. The van der Waals surface area contributed by atoms with Crippen molar-refractivity contribution >= 4 is 47.6 Å². The maximum absolute atomic E-state index is 12.2. The van der Waals surface area contributed by atoms with Crippen molar-refractivity contribution in [3.63, 3.8) is 0 Å². The summed E-state index contributed by atoms with van der Waals surface area (Å²) >= 11 is 6.65. The van der Waals surface area contributed by atoms with Crippen LogP contribution in [-0.2, 0) is 10.0 Å². The molecule has 1 atom stereocenters. The van der Waals surface area contributed by atoms with Gasteiger partial charge in [0.25, 0.3) is 0 Å². The van der Waals surface area contributed by atoms with E-state index in [4.69, 9.17) is 0 Å². The fourth-order valence-corrected chi connectivity index (χ4v) is 3.17. The summed E-state index contributed by atoms with van der Waals surface area (Å²) in [5.74, 6) is 0. The van der Waals surface area contributed by atoms with Crippen LogP contribution >= 0.6 is 31.9 Å². The van der Waals surface area contributed by atoms with Crippen LogP contribution < -0.4 is 10.0 Å². The first kappa shape index (κ1) is 16.9. The molecule has 0 bridgehead atoms. The van der Waals surface area contributed by atoms with Gasteiger partial charge in [-0.25, -0.2) is 8.42 Å². The van der Waals surface area contributed by atoms with Crippen molar-refractivity contribution in [1.82, 2.24) is 5.32 Å². The maximum atomic E-state index is 12.2. The molecular formula is C12H18Br2N2O2S. The van der Waals surface area contributed by atoms with E-state index in [-0.39, 0.29) is 6.04 Å². The van der Waals surface area contributed by atoms with E-state index >= 15 is 0 Å². The third-order valence-corrected chi connectivity index (χ3v) is 5.44. The van der Waals surface area contributed by atoms with Gasteiger partial charge in [-0.1, -0.05) is 29.8 Å². The molecule has 0 saturated carbocycles. The predicted octanol–water partition coefficient (Wildman–Crippen LogP) is 3.34. The van der Waals surface area contributed by atoms with Crippen LogP contribution in [0.25, 0.3) is 0 Å². The summed E-state index contributed by atoms with van der Waals surface area (Å²) < 4.78 is 28.5. The number of rotatable bonds is 6. The molecule has 1 aromatic rings. The van der Waals surface area contributed by atoms with Gasteiger partial charge in [0.05, 0.1) is 10.9 Å². The summed E-state index contributed by atoms with van der Waals surface area (Å²) in [7, 11) is -3.41. The van der Waals surface area contributed by atoms with Crippen molar-refractivity contribution in [2.24, 2.45) is 0 Å². The number of benzene rings is 1. The van der Waals surface area contributed by atoms with E-state index in [1.54, 1.807) is 19.1 Å². The molecule has 0 heterocycles. The number of anilines is 1. The average Bonchev–Trinajstić information content (AvgIpc) is 2.30. The first-order chi connectivity index (χ1) is 8.72. The van der Waals surface area contributed by atoms with Gasteiger partial charge in [0.15, 0.2) is 0 Å². The molecule has 0 aliphatic heterocycles. The number of sulfonamides is 1. The van der Waals surface area contributed by atoms with Crippen LogP contribution in [0.15, 0.2) is 27.1 Å². The van der Waals surface area contributed by atoms with Crippen molar-refractivity contribution < 1.29 is 8.42 Å². The molecule has 108 valence electrons. The Labute approximate surface area is 131 Å². The molecular weight excluding hydrogens is 396 g/mol. The van der Waals surface area contributed by atoms with Gasteiger partial charge in [-0.05, 0) is 41.1 Å². The second-order valence-corrected chi connectivity index (χ2v) is 8.51. The number of hydrogen-bond donors (Lipinski definition) is 2. The highest BCUT2D eigenvalue weighted by Crippen LogP contribution is 2.27. The quantitative estimate of drug-likeness (QED) is 0.751. The largest absolute Gasteiger partial charge is 0.313 e. The summed E-state index contributed by atoms with van der Waals surface area (Å²) in [5.41, 5.74) is 0.533. The van der Waals surface area contributed by atoms with Gasteiger partial charge in [0.1, 0.15) is 0 Å². The SMILES string of the molecule is CC(C)NCC(C)S(=O)(=O)Nc1cc(Br)ccc1Br. The molecule has 0 radical (unpaired) electrons. The molecule has 1 unspecified atom stereocenters. The number of halogens is 2. The second kappa shape index (κ2) is 7.06. The number of nitrogens with one attached hydrogen (secondary N) is 2. The van der Waals surface area contributed by atoms with Gasteiger partial charge in [-0.15, -0.1) is 0 Å². The summed E-state index contributed by atoms with van der Waals surface area (Å²) in [6, 6.07) is 5.62. The van der Waals surface area contributed by atoms with E-state index in [2.05, 4.69) is 41.9 Å². The summed E-state index contributed by atoms with van der Waals surface area (Å²) in [4.78, 5) is 0. The van der Waals surface area contributed by atoms with Crippen molar-refractivity contribution in [2.45, 2.75) is 32.1 Å². The third-order valence-electron chi connectivity index (χ3n) is 2.52. The average molecular weight is 414 g/mol. The highest BCUT2D eigenvalue weighted by molar-refractivity contribution is 9.11. The molecule has 0 spiro atoms. The Balaban J connectivity index is 2.81. The van der Waals surface area contributed by atoms with Gasteiger partial charge in [0, 0.05) is 21.5 Å². The van der Waals surface area contributed by atoms with E-state index in [1.165, 1.54) is 0 Å². The predicted molar refractivity (Wildman–Crippen MR) is 87.0 cm³/mol. The summed E-state index contributed by atoms with van der Waals surface area (Å²) in [6.07, 6.45) is 0. The van der Waals surface area contributed by atoms with Gasteiger partial charge in [-0.3, -0.25) is 4.72 Å². The summed E-state index contributed by atoms with van der Waals surface area (Å²) in [6.45, 7) is 6.07. The molecule has 1 rings (SSSR count). The van der Waals surface area contributed by atoms with Crippen LogP contribution in [0.2, 0.25) is 0 Å². The lowest BCUT2D eigenvalue weighted by atomic mass is 10.3. The second-order valence-electron chi connectivity index (χ2n) is 4.64. The van der Waals surface area contributed by atoms with Crippen LogP contribution in [0.4, 0.5) is 5.69 Å². The van der Waals surface area contributed by atoms with Crippen molar-refractivity contribution in [3.8, 4) is 0 Å². The Bertz CT molecular complexity index is 533. The van der Waals surface area contributed by atoms with Gasteiger partial charge < -0.3 is 5.32 Å². The van der Waals surface area contributed by atoms with Crippen LogP contribution in [-0.4, -0.2) is 26.3 Å². The van der Waals surface area contributed by atoms with Gasteiger partial charge in [0.2, 0.25) is 10.0 Å². The Morgan fingerprint density at radius 3 is 2.42 bits per heavy atom. The van der Waals surface area contributed by atoms with E-state index in [0.717, 1.165) is 4.47 Å². The summed E-state index contributed by atoms with van der Waals surface area (Å²) in [5, 5.41) is 2.61. The van der Waals surface area contributed by atoms with E-state index < -0.39 is 15.3 Å². The van der Waals surface area contributed by atoms with Crippen LogP contribution in [0.5, 0.6) is 0 Å². The molecule has 0 aliphatic carbocycles. The minimum absolute atomic E-state index is 0.259. The Hall–Kier alpha value is -0.110. The molecule has 0 amide bonds. The zero-order chi connectivity index (χ0) is 14.6. The van der Waals surface area contributed by atoms with Gasteiger partial charge >= 0.3 is 0 Å². The Morgan fingerprint density at radius 2 is 1.84 bits per heavy atom. The smallest absolute Gasteiger partial charge is 0.236 e. The standard InChI is InChI=1S/C12H18Br2N2O2S/c1-8(2)15-7-9(3)19(17,18)16-12-6-10(13)4-5-11(12)14/h4-6,8-9,15-16H,7H2,1-3H3. The minimum Gasteiger partial charge on any atom is -0.313 e. The molecule has 7 heteroatoms. The van der Waals surface area contributed by atoms with Crippen molar-refractivity contribution in [3.05, 3.63) is 27.1 Å². The molecule has 0 saturated heterocycles. The van der Waals surface area contributed by atoms with Crippen molar-refractivity contribution in [1.29, 1.82) is 0 Å². The zero-order valence-corrected chi connectivity index (χ0v) is 15.1. The molecule has 1 aromatic carbocycles. The monoisotopic (exact) mass is 412 g/mol. The molecule has 2 N–H and O–H groups in total. The Morgan fingerprint density at radius 1 is 1.21 bits per heavy atom. The van der Waals surface area contributed by atoms with Crippen LogP contribution in [0.3, 0.4) is 0 Å². The van der Waals surface area contributed by atoms with E-state index in [0.29, 0.717) is 16.7 Å². The molecule has 0 aromatic heterocycles. The molecule has 4 nitrogen and oxygen atoms in total. The zero-order valence-electron chi connectivity index (χ0n) is 11.1. The molecule has 0 fully saturated rings. The van der Waals surface area contributed by atoms with Crippen LogP contribution in [0, 0.1) is 0 Å². The highest BCUT2D eigenvalue weighted by atomic mass is 79.9. The normalized spacial score (nSPS) is 13.6. The van der Waals surface area contributed by atoms with Gasteiger partial charge in [-0.2, -0.15) is 0 Å². The highest BCUT2D eigenvalue weighted by Gasteiger charge is 2.21. The van der Waals surface area contributed by atoms with Crippen LogP contribution in [0.1, 0.15) is 20.8 Å².